The third-order valence-electron chi connectivity index (χ3n) is 3.96. The van der Waals surface area contributed by atoms with E-state index in [0.29, 0.717) is 0 Å². The molecule has 0 saturated heterocycles. The summed E-state index contributed by atoms with van der Waals surface area (Å²) in [6.07, 6.45) is 3.36. The first-order chi connectivity index (χ1) is 9.61. The molecule has 2 aromatic rings. The maximum absolute atomic E-state index is 5.77. The smallest absolute Gasteiger partial charge is 0.0462 e. The fraction of sp³-hybridized carbons (Fsp3) is 0.412. The molecule has 1 unspecified atom stereocenters. The highest BCUT2D eigenvalue weighted by Crippen LogP contribution is 2.25. The molecule has 0 aliphatic carbocycles. The van der Waals surface area contributed by atoms with E-state index in [2.05, 4.69) is 55.8 Å². The summed E-state index contributed by atoms with van der Waals surface area (Å²) in [5.74, 6) is 5.77. The van der Waals surface area contributed by atoms with Gasteiger partial charge in [-0.3, -0.25) is 11.3 Å². The summed E-state index contributed by atoms with van der Waals surface area (Å²) in [6, 6.07) is 9.10. The van der Waals surface area contributed by atoms with Gasteiger partial charge >= 0.3 is 0 Å². The van der Waals surface area contributed by atoms with Gasteiger partial charge in [-0.25, -0.2) is 0 Å². The maximum Gasteiger partial charge on any atom is 0.0462 e. The van der Waals surface area contributed by atoms with Gasteiger partial charge in [0.25, 0.3) is 0 Å². The van der Waals surface area contributed by atoms with E-state index in [4.69, 9.17) is 5.84 Å². The van der Waals surface area contributed by atoms with Crippen LogP contribution >= 0.6 is 11.3 Å². The molecule has 20 heavy (non-hydrogen) atoms. The number of nitrogens with two attached hydrogens (primary N) is 1. The molecule has 0 aliphatic heterocycles. The molecule has 2 nitrogen and oxygen atoms in total. The van der Waals surface area contributed by atoms with Crippen molar-refractivity contribution in [3.8, 4) is 0 Å². The molecule has 108 valence electrons. The largest absolute Gasteiger partial charge is 0.271 e. The van der Waals surface area contributed by atoms with Gasteiger partial charge in [0.1, 0.15) is 0 Å². The van der Waals surface area contributed by atoms with E-state index in [1.54, 1.807) is 0 Å². The third kappa shape index (κ3) is 3.69. The first-order valence-corrected chi connectivity index (χ1v) is 8.06. The number of rotatable bonds is 6. The minimum atomic E-state index is 0.245. The van der Waals surface area contributed by atoms with Crippen molar-refractivity contribution in [3.05, 3.63) is 56.8 Å². The molecule has 3 N–H and O–H groups in total. The summed E-state index contributed by atoms with van der Waals surface area (Å²) in [5, 5.41) is 2.14. The molecule has 1 heterocycles. The number of aryl methyl sites for hydroxylation is 4. The fourth-order valence-corrected chi connectivity index (χ4v) is 3.37. The van der Waals surface area contributed by atoms with Crippen molar-refractivity contribution in [2.45, 2.75) is 46.1 Å². The van der Waals surface area contributed by atoms with E-state index in [1.807, 2.05) is 11.3 Å². The van der Waals surface area contributed by atoms with Gasteiger partial charge < -0.3 is 0 Å². The molecule has 2 rings (SSSR count). The van der Waals surface area contributed by atoms with Crippen molar-refractivity contribution in [2.75, 3.05) is 0 Å². The molecule has 0 spiro atoms. The third-order valence-corrected chi connectivity index (χ3v) is 4.89. The van der Waals surface area contributed by atoms with Crippen LogP contribution in [-0.4, -0.2) is 0 Å². The van der Waals surface area contributed by atoms with Gasteiger partial charge in [0.15, 0.2) is 0 Å². The molecule has 1 aromatic carbocycles. The predicted octanol–water partition coefficient (Wildman–Crippen LogP) is 4.20. The Morgan fingerprint density at radius 2 is 1.90 bits per heavy atom. The van der Waals surface area contributed by atoms with Crippen LogP contribution in [0.25, 0.3) is 0 Å². The quantitative estimate of drug-likeness (QED) is 0.617. The number of nitrogens with one attached hydrogen (secondary N) is 1. The van der Waals surface area contributed by atoms with E-state index >= 15 is 0 Å². The standard InChI is InChI=1S/C17H24N2S/c1-12-10-14(3)16(11-13(12)2)17(19-18)8-4-6-15-7-5-9-20-15/h5,7,9-11,17,19H,4,6,8,18H2,1-3H3. The van der Waals surface area contributed by atoms with Crippen LogP contribution in [0.3, 0.4) is 0 Å². The topological polar surface area (TPSA) is 38.0 Å². The van der Waals surface area contributed by atoms with Crippen molar-refractivity contribution in [1.82, 2.24) is 5.43 Å². The normalized spacial score (nSPS) is 12.6. The van der Waals surface area contributed by atoms with Crippen LogP contribution in [0.1, 0.15) is 46.0 Å². The van der Waals surface area contributed by atoms with Crippen LogP contribution < -0.4 is 11.3 Å². The lowest BCUT2D eigenvalue weighted by atomic mass is 9.93. The molecular weight excluding hydrogens is 264 g/mol. The van der Waals surface area contributed by atoms with Gasteiger partial charge in [0.05, 0.1) is 0 Å². The lowest BCUT2D eigenvalue weighted by molar-refractivity contribution is 0.497. The molecular formula is C17H24N2S. The molecule has 0 bridgehead atoms. The Bertz CT molecular complexity index is 546. The van der Waals surface area contributed by atoms with Gasteiger partial charge in [-0.2, -0.15) is 0 Å². The van der Waals surface area contributed by atoms with Gasteiger partial charge in [0, 0.05) is 10.9 Å². The van der Waals surface area contributed by atoms with E-state index in [9.17, 15) is 0 Å². The molecule has 0 amide bonds. The molecule has 0 saturated carbocycles. The summed E-state index contributed by atoms with van der Waals surface area (Å²) < 4.78 is 0. The number of benzene rings is 1. The highest BCUT2D eigenvalue weighted by Gasteiger charge is 2.13. The Labute approximate surface area is 126 Å². The Hall–Kier alpha value is -1.16. The number of hydrogen-bond donors (Lipinski definition) is 2. The Morgan fingerprint density at radius 3 is 2.55 bits per heavy atom. The second-order valence-corrected chi connectivity index (χ2v) is 6.52. The van der Waals surface area contributed by atoms with E-state index in [1.165, 1.54) is 27.1 Å². The maximum atomic E-state index is 5.77. The van der Waals surface area contributed by atoms with E-state index < -0.39 is 0 Å². The average Bonchev–Trinajstić information content (AvgIpc) is 2.93. The first kappa shape index (κ1) is 15.2. The van der Waals surface area contributed by atoms with Crippen LogP contribution in [0.15, 0.2) is 29.6 Å². The van der Waals surface area contributed by atoms with Crippen LogP contribution in [0.2, 0.25) is 0 Å². The van der Waals surface area contributed by atoms with Gasteiger partial charge in [0.2, 0.25) is 0 Å². The molecule has 0 fully saturated rings. The molecule has 3 heteroatoms. The second-order valence-electron chi connectivity index (χ2n) is 5.48. The summed E-state index contributed by atoms with van der Waals surface area (Å²) >= 11 is 1.83. The first-order valence-electron chi connectivity index (χ1n) is 7.18. The summed E-state index contributed by atoms with van der Waals surface area (Å²) in [7, 11) is 0. The van der Waals surface area contributed by atoms with Crippen molar-refractivity contribution in [2.24, 2.45) is 5.84 Å². The molecule has 0 aliphatic rings. The number of thiophene rings is 1. The SMILES string of the molecule is Cc1cc(C)c(C(CCCc2cccs2)NN)cc1C. The Morgan fingerprint density at radius 1 is 1.15 bits per heavy atom. The van der Waals surface area contributed by atoms with Gasteiger partial charge in [-0.1, -0.05) is 18.2 Å². The lowest BCUT2D eigenvalue weighted by Crippen LogP contribution is -2.28. The van der Waals surface area contributed by atoms with Crippen LogP contribution in [0.4, 0.5) is 0 Å². The van der Waals surface area contributed by atoms with Crippen molar-refractivity contribution in [1.29, 1.82) is 0 Å². The minimum Gasteiger partial charge on any atom is -0.271 e. The Kier molecular flexibility index (Phi) is 5.35. The van der Waals surface area contributed by atoms with Gasteiger partial charge in [-0.15, -0.1) is 11.3 Å². The monoisotopic (exact) mass is 288 g/mol. The van der Waals surface area contributed by atoms with Crippen molar-refractivity contribution >= 4 is 11.3 Å². The van der Waals surface area contributed by atoms with Crippen LogP contribution in [0, 0.1) is 20.8 Å². The van der Waals surface area contributed by atoms with Crippen LogP contribution in [0.5, 0.6) is 0 Å². The zero-order valence-corrected chi connectivity index (χ0v) is 13.4. The summed E-state index contributed by atoms with van der Waals surface area (Å²) in [4.78, 5) is 1.46. The Balaban J connectivity index is 2.02. The predicted molar refractivity (Wildman–Crippen MR) is 88.0 cm³/mol. The van der Waals surface area contributed by atoms with Crippen molar-refractivity contribution < 1.29 is 0 Å². The highest BCUT2D eigenvalue weighted by molar-refractivity contribution is 7.09. The lowest BCUT2D eigenvalue weighted by Gasteiger charge is -2.20. The second kappa shape index (κ2) is 7.02. The number of hydrazine groups is 1. The van der Waals surface area contributed by atoms with Gasteiger partial charge in [-0.05, 0) is 73.7 Å². The summed E-state index contributed by atoms with van der Waals surface area (Å²) in [6.45, 7) is 6.50. The summed E-state index contributed by atoms with van der Waals surface area (Å²) in [5.41, 5.74) is 8.34. The van der Waals surface area contributed by atoms with E-state index in [-0.39, 0.29) is 6.04 Å². The fourth-order valence-electron chi connectivity index (χ4n) is 2.62. The molecule has 0 radical (unpaired) electrons. The van der Waals surface area contributed by atoms with E-state index in [0.717, 1.165) is 19.3 Å². The average molecular weight is 288 g/mol. The zero-order valence-electron chi connectivity index (χ0n) is 12.6. The zero-order chi connectivity index (χ0) is 14.5. The molecule has 1 aromatic heterocycles. The van der Waals surface area contributed by atoms with Crippen molar-refractivity contribution in [3.63, 3.8) is 0 Å². The van der Waals surface area contributed by atoms with Crippen LogP contribution in [-0.2, 0) is 6.42 Å². The minimum absolute atomic E-state index is 0.245. The molecule has 1 atom stereocenters. The number of hydrogen-bond acceptors (Lipinski definition) is 3. The highest BCUT2D eigenvalue weighted by atomic mass is 32.1.